The summed E-state index contributed by atoms with van der Waals surface area (Å²) in [6.45, 7) is 5.44. The minimum absolute atomic E-state index is 0.0522. The van der Waals surface area contributed by atoms with E-state index in [1.165, 1.54) is 11.8 Å². The maximum atomic E-state index is 13.4. The Morgan fingerprint density at radius 2 is 1.69 bits per heavy atom. The van der Waals surface area contributed by atoms with Crippen molar-refractivity contribution in [3.05, 3.63) is 53.1 Å². The lowest BCUT2D eigenvalue weighted by Crippen LogP contribution is -2.32. The molecule has 1 aliphatic rings. The normalized spacial score (nSPS) is 14.3. The van der Waals surface area contributed by atoms with Gasteiger partial charge in [0, 0.05) is 30.2 Å². The minimum atomic E-state index is -0.0522. The van der Waals surface area contributed by atoms with E-state index in [9.17, 15) is 4.79 Å². The molecule has 0 bridgehead atoms. The standard InChI is InChI=1S/C23H28N6O2S/c1-16-14-17(2)25-23(24-16)32-15-20-21(22(30)28-12-6-4-5-7-13-28)26-27-29(20)18-8-10-19(31-3)11-9-18/h8-11,14H,4-7,12-13,15H2,1-3H3. The lowest BCUT2D eigenvalue weighted by molar-refractivity contribution is 0.0755. The predicted molar refractivity (Wildman–Crippen MR) is 123 cm³/mol. The summed E-state index contributed by atoms with van der Waals surface area (Å²) >= 11 is 1.49. The number of likely N-dealkylation sites (tertiary alicyclic amines) is 1. The van der Waals surface area contributed by atoms with E-state index < -0.39 is 0 Å². The quantitative estimate of drug-likeness (QED) is 0.413. The van der Waals surface area contributed by atoms with Gasteiger partial charge in [0.15, 0.2) is 10.9 Å². The summed E-state index contributed by atoms with van der Waals surface area (Å²) in [5.41, 5.74) is 3.81. The summed E-state index contributed by atoms with van der Waals surface area (Å²) in [5.74, 6) is 1.19. The van der Waals surface area contributed by atoms with E-state index in [2.05, 4.69) is 20.3 Å². The van der Waals surface area contributed by atoms with E-state index >= 15 is 0 Å². The third kappa shape index (κ3) is 5.09. The predicted octanol–water partition coefficient (Wildman–Crippen LogP) is 3.99. The van der Waals surface area contributed by atoms with Crippen LogP contribution in [-0.2, 0) is 5.75 Å². The van der Waals surface area contributed by atoms with E-state index in [4.69, 9.17) is 4.74 Å². The molecule has 8 nitrogen and oxygen atoms in total. The van der Waals surface area contributed by atoms with Crippen molar-refractivity contribution < 1.29 is 9.53 Å². The summed E-state index contributed by atoms with van der Waals surface area (Å²) in [6.07, 6.45) is 4.38. The molecule has 0 unspecified atom stereocenters. The Balaban J connectivity index is 1.67. The van der Waals surface area contributed by atoms with Crippen LogP contribution in [0.4, 0.5) is 0 Å². The Morgan fingerprint density at radius 3 is 2.31 bits per heavy atom. The molecule has 0 atom stereocenters. The Morgan fingerprint density at radius 1 is 1.03 bits per heavy atom. The van der Waals surface area contributed by atoms with Gasteiger partial charge in [0.1, 0.15) is 5.75 Å². The zero-order valence-corrected chi connectivity index (χ0v) is 19.6. The molecule has 1 amide bonds. The highest BCUT2D eigenvalue weighted by Gasteiger charge is 2.26. The Hall–Kier alpha value is -2.94. The largest absolute Gasteiger partial charge is 0.497 e. The number of thioether (sulfide) groups is 1. The molecule has 2 aromatic heterocycles. The fraction of sp³-hybridized carbons (Fsp3) is 0.435. The smallest absolute Gasteiger partial charge is 0.276 e. The van der Waals surface area contributed by atoms with Gasteiger partial charge in [-0.05, 0) is 57.0 Å². The zero-order chi connectivity index (χ0) is 22.5. The average Bonchev–Trinajstić information content (AvgIpc) is 3.01. The highest BCUT2D eigenvalue weighted by atomic mass is 32.2. The molecule has 9 heteroatoms. The Bertz CT molecular complexity index is 1050. The van der Waals surface area contributed by atoms with Crippen molar-refractivity contribution in [3.8, 4) is 11.4 Å². The Kier molecular flexibility index (Phi) is 7.04. The molecule has 4 rings (SSSR count). The van der Waals surface area contributed by atoms with Crippen LogP contribution in [0.2, 0.25) is 0 Å². The first-order valence-electron chi connectivity index (χ1n) is 10.9. The van der Waals surface area contributed by atoms with Crippen molar-refractivity contribution in [1.29, 1.82) is 0 Å². The molecule has 32 heavy (non-hydrogen) atoms. The molecule has 0 N–H and O–H groups in total. The van der Waals surface area contributed by atoms with Gasteiger partial charge in [0.2, 0.25) is 0 Å². The first kappa shape index (κ1) is 22.3. The second-order valence-electron chi connectivity index (χ2n) is 7.92. The van der Waals surface area contributed by atoms with Gasteiger partial charge in [-0.1, -0.05) is 29.8 Å². The number of aromatic nitrogens is 5. The third-order valence-corrected chi connectivity index (χ3v) is 6.33. The fourth-order valence-corrected chi connectivity index (χ4v) is 4.78. The zero-order valence-electron chi connectivity index (χ0n) is 18.7. The van der Waals surface area contributed by atoms with Crippen molar-refractivity contribution in [2.75, 3.05) is 20.2 Å². The van der Waals surface area contributed by atoms with Crippen LogP contribution in [0.15, 0.2) is 35.5 Å². The molecule has 168 valence electrons. The number of carbonyl (C=O) groups excluding carboxylic acids is 1. The molecular formula is C23H28N6O2S. The van der Waals surface area contributed by atoms with Gasteiger partial charge >= 0.3 is 0 Å². The summed E-state index contributed by atoms with van der Waals surface area (Å²) < 4.78 is 7.01. The number of hydrogen-bond acceptors (Lipinski definition) is 7. The van der Waals surface area contributed by atoms with Crippen LogP contribution in [0.1, 0.15) is 53.3 Å². The van der Waals surface area contributed by atoms with Gasteiger partial charge in [0.05, 0.1) is 18.5 Å². The van der Waals surface area contributed by atoms with Crippen molar-refractivity contribution in [1.82, 2.24) is 29.9 Å². The number of amides is 1. The van der Waals surface area contributed by atoms with Crippen LogP contribution in [0, 0.1) is 13.8 Å². The van der Waals surface area contributed by atoms with Gasteiger partial charge in [-0.2, -0.15) is 0 Å². The van der Waals surface area contributed by atoms with Gasteiger partial charge in [-0.3, -0.25) is 4.79 Å². The number of rotatable bonds is 6. The first-order valence-corrected chi connectivity index (χ1v) is 11.9. The van der Waals surface area contributed by atoms with Crippen molar-refractivity contribution in [2.45, 2.75) is 50.4 Å². The Labute approximate surface area is 192 Å². The lowest BCUT2D eigenvalue weighted by Gasteiger charge is -2.19. The van der Waals surface area contributed by atoms with Crippen molar-refractivity contribution >= 4 is 17.7 Å². The number of benzene rings is 1. The van der Waals surface area contributed by atoms with Crippen LogP contribution in [-0.4, -0.2) is 56.0 Å². The molecule has 0 spiro atoms. The van der Waals surface area contributed by atoms with E-state index in [0.29, 0.717) is 16.6 Å². The van der Waals surface area contributed by atoms with Gasteiger partial charge < -0.3 is 9.64 Å². The summed E-state index contributed by atoms with van der Waals surface area (Å²) in [4.78, 5) is 24.4. The molecule has 1 aliphatic heterocycles. The lowest BCUT2D eigenvalue weighted by atomic mass is 10.2. The first-order chi connectivity index (χ1) is 15.5. The number of hydrogen-bond donors (Lipinski definition) is 0. The minimum Gasteiger partial charge on any atom is -0.497 e. The second-order valence-corrected chi connectivity index (χ2v) is 8.87. The molecule has 1 fully saturated rings. The maximum absolute atomic E-state index is 13.4. The topological polar surface area (TPSA) is 86.0 Å². The van der Waals surface area contributed by atoms with Crippen LogP contribution >= 0.6 is 11.8 Å². The van der Waals surface area contributed by atoms with Gasteiger partial charge in [-0.25, -0.2) is 14.6 Å². The molecule has 0 saturated carbocycles. The van der Waals surface area contributed by atoms with E-state index in [-0.39, 0.29) is 5.91 Å². The average molecular weight is 453 g/mol. The van der Waals surface area contributed by atoms with Crippen molar-refractivity contribution in [2.24, 2.45) is 0 Å². The van der Waals surface area contributed by atoms with Crippen LogP contribution in [0.3, 0.4) is 0 Å². The highest BCUT2D eigenvalue weighted by Crippen LogP contribution is 2.26. The monoisotopic (exact) mass is 452 g/mol. The number of carbonyl (C=O) groups is 1. The maximum Gasteiger partial charge on any atom is 0.276 e. The van der Waals surface area contributed by atoms with Crippen LogP contribution < -0.4 is 4.74 Å². The highest BCUT2D eigenvalue weighted by molar-refractivity contribution is 7.98. The summed E-state index contributed by atoms with van der Waals surface area (Å²) in [7, 11) is 1.63. The van der Waals surface area contributed by atoms with E-state index in [1.807, 2.05) is 49.1 Å². The molecule has 0 aliphatic carbocycles. The number of nitrogens with zero attached hydrogens (tertiary/aromatic N) is 6. The van der Waals surface area contributed by atoms with Gasteiger partial charge in [-0.15, -0.1) is 5.10 Å². The van der Waals surface area contributed by atoms with Crippen molar-refractivity contribution in [3.63, 3.8) is 0 Å². The third-order valence-electron chi connectivity index (χ3n) is 5.48. The number of methoxy groups -OCH3 is 1. The van der Waals surface area contributed by atoms with Gasteiger partial charge in [0.25, 0.3) is 5.91 Å². The fourth-order valence-electron chi connectivity index (χ4n) is 3.84. The van der Waals surface area contributed by atoms with Crippen LogP contribution in [0.25, 0.3) is 5.69 Å². The number of ether oxygens (including phenoxy) is 1. The SMILES string of the molecule is COc1ccc(-n2nnc(C(=O)N3CCCCCC3)c2CSc2nc(C)cc(C)n2)cc1. The summed E-state index contributed by atoms with van der Waals surface area (Å²) in [6, 6.07) is 9.51. The molecule has 3 aromatic rings. The van der Waals surface area contributed by atoms with E-state index in [1.54, 1.807) is 11.8 Å². The van der Waals surface area contributed by atoms with Crippen LogP contribution in [0.5, 0.6) is 5.75 Å². The number of aryl methyl sites for hydroxylation is 2. The van der Waals surface area contributed by atoms with E-state index in [0.717, 1.165) is 67.3 Å². The molecule has 1 saturated heterocycles. The molecule has 1 aromatic carbocycles. The summed E-state index contributed by atoms with van der Waals surface area (Å²) in [5, 5.41) is 9.36. The molecule has 0 radical (unpaired) electrons. The molecular weight excluding hydrogens is 424 g/mol. The second kappa shape index (κ2) is 10.1. The molecule has 3 heterocycles.